The number of nitrogens with two attached hydrogens (primary N) is 1. The van der Waals surface area contributed by atoms with Crippen LogP contribution in [-0.2, 0) is 4.79 Å². The topological polar surface area (TPSA) is 46.3 Å². The fourth-order valence-corrected chi connectivity index (χ4v) is 1.10. The number of carbonyl (C=O) groups is 1. The van der Waals surface area contributed by atoms with Crippen LogP contribution in [0.1, 0.15) is 20.3 Å². The number of rotatable bonds is 4. The summed E-state index contributed by atoms with van der Waals surface area (Å²) in [5.41, 5.74) is 5.53. The molecule has 0 saturated heterocycles. The number of hydrogen-bond donors (Lipinski definition) is 1. The predicted molar refractivity (Wildman–Crippen MR) is 58.4 cm³/mol. The van der Waals surface area contributed by atoms with Gasteiger partial charge in [0.2, 0.25) is 5.91 Å². The van der Waals surface area contributed by atoms with Crippen LogP contribution in [0, 0.1) is 5.92 Å². The van der Waals surface area contributed by atoms with Gasteiger partial charge in [-0.25, -0.2) is 0 Å². The Kier molecular flexibility index (Phi) is 7.78. The monoisotopic (exact) mass is 262 g/mol. The molecule has 3 nitrogen and oxygen atoms in total. The van der Waals surface area contributed by atoms with E-state index in [1.807, 2.05) is 6.92 Å². The molecule has 0 aromatic carbocycles. The summed E-state index contributed by atoms with van der Waals surface area (Å²) in [4.78, 5) is 12.0. The van der Waals surface area contributed by atoms with Gasteiger partial charge in [0.25, 0.3) is 0 Å². The van der Waals surface area contributed by atoms with Crippen LogP contribution in [0.2, 0.25) is 0 Å². The third-order valence-electron chi connectivity index (χ3n) is 2.33. The maximum Gasteiger partial charge on any atom is 0.406 e. The molecule has 2 atom stereocenters. The zero-order chi connectivity index (χ0) is 12.2. The molecule has 0 fully saturated rings. The molecular formula is C9H18ClF3N2O. The van der Waals surface area contributed by atoms with Crippen LogP contribution < -0.4 is 5.73 Å². The van der Waals surface area contributed by atoms with Crippen LogP contribution in [0.5, 0.6) is 0 Å². The minimum absolute atomic E-state index is 0. The Bertz CT molecular complexity index is 223. The molecule has 2 unspecified atom stereocenters. The number of amides is 1. The van der Waals surface area contributed by atoms with Crippen molar-refractivity contribution in [3.63, 3.8) is 0 Å². The van der Waals surface area contributed by atoms with Crippen molar-refractivity contribution in [1.29, 1.82) is 0 Å². The highest BCUT2D eigenvalue weighted by Crippen LogP contribution is 2.17. The van der Waals surface area contributed by atoms with Crippen molar-refractivity contribution in [2.75, 3.05) is 13.6 Å². The van der Waals surface area contributed by atoms with Crippen LogP contribution in [0.4, 0.5) is 13.2 Å². The second-order valence-corrected chi connectivity index (χ2v) is 3.72. The Morgan fingerprint density at radius 3 is 2.19 bits per heavy atom. The second-order valence-electron chi connectivity index (χ2n) is 3.72. The highest BCUT2D eigenvalue weighted by atomic mass is 35.5. The van der Waals surface area contributed by atoms with Crippen LogP contribution in [0.15, 0.2) is 0 Å². The maximum atomic E-state index is 12.0. The maximum absolute atomic E-state index is 12.0. The fraction of sp³-hybridized carbons (Fsp3) is 0.889. The second kappa shape index (κ2) is 6.96. The van der Waals surface area contributed by atoms with Gasteiger partial charge in [0.05, 0.1) is 6.04 Å². The third kappa shape index (κ3) is 6.17. The molecule has 0 heterocycles. The molecule has 0 aliphatic heterocycles. The number of hydrogen-bond acceptors (Lipinski definition) is 2. The summed E-state index contributed by atoms with van der Waals surface area (Å²) in [6, 6.07) is -0.859. The van der Waals surface area contributed by atoms with Gasteiger partial charge in [-0.15, -0.1) is 12.4 Å². The molecule has 0 aliphatic carbocycles. The summed E-state index contributed by atoms with van der Waals surface area (Å²) >= 11 is 0. The van der Waals surface area contributed by atoms with Crippen molar-refractivity contribution in [3.05, 3.63) is 0 Å². The molecule has 0 bridgehead atoms. The summed E-state index contributed by atoms with van der Waals surface area (Å²) in [7, 11) is 1.11. The number of halogens is 4. The fourth-order valence-electron chi connectivity index (χ4n) is 1.10. The highest BCUT2D eigenvalue weighted by Gasteiger charge is 2.33. The van der Waals surface area contributed by atoms with E-state index in [0.29, 0.717) is 11.3 Å². The van der Waals surface area contributed by atoms with Gasteiger partial charge in [-0.3, -0.25) is 4.79 Å². The highest BCUT2D eigenvalue weighted by molar-refractivity contribution is 5.85. The lowest BCUT2D eigenvalue weighted by Gasteiger charge is -2.25. The standard InChI is InChI=1S/C9H17F3N2O.ClH/c1-4-6(2)7(13)8(15)14(3)5-9(10,11)12;/h6-7H,4-5,13H2,1-3H3;1H. The zero-order valence-corrected chi connectivity index (χ0v) is 10.4. The third-order valence-corrected chi connectivity index (χ3v) is 2.33. The smallest absolute Gasteiger partial charge is 0.335 e. The van der Waals surface area contributed by atoms with Crippen molar-refractivity contribution in [2.45, 2.75) is 32.5 Å². The molecule has 0 radical (unpaired) electrons. The van der Waals surface area contributed by atoms with Gasteiger partial charge in [0.1, 0.15) is 6.54 Å². The number of alkyl halides is 3. The molecule has 98 valence electrons. The summed E-state index contributed by atoms with van der Waals surface area (Å²) < 4.78 is 35.9. The van der Waals surface area contributed by atoms with Crippen molar-refractivity contribution < 1.29 is 18.0 Å². The lowest BCUT2D eigenvalue weighted by molar-refractivity contribution is -0.159. The SMILES string of the molecule is CCC(C)C(N)C(=O)N(C)CC(F)(F)F.Cl. The van der Waals surface area contributed by atoms with Gasteiger partial charge >= 0.3 is 6.18 Å². The molecule has 0 spiro atoms. The van der Waals surface area contributed by atoms with E-state index < -0.39 is 24.7 Å². The van der Waals surface area contributed by atoms with E-state index in [4.69, 9.17) is 5.73 Å². The summed E-state index contributed by atoms with van der Waals surface area (Å²) in [6.45, 7) is 2.32. The molecule has 16 heavy (non-hydrogen) atoms. The molecule has 2 N–H and O–H groups in total. The van der Waals surface area contributed by atoms with E-state index in [1.165, 1.54) is 0 Å². The van der Waals surface area contributed by atoms with E-state index in [1.54, 1.807) is 6.92 Å². The van der Waals surface area contributed by atoms with Crippen LogP contribution >= 0.6 is 12.4 Å². The largest absolute Gasteiger partial charge is 0.406 e. The molecule has 0 rings (SSSR count). The first kappa shape index (κ1) is 17.9. The lowest BCUT2D eigenvalue weighted by Crippen LogP contribution is -2.48. The Labute approximate surface area is 99.6 Å². The van der Waals surface area contributed by atoms with Gasteiger partial charge < -0.3 is 10.6 Å². The first-order valence-electron chi connectivity index (χ1n) is 4.76. The van der Waals surface area contributed by atoms with Crippen molar-refractivity contribution >= 4 is 18.3 Å². The average Bonchev–Trinajstić information content (AvgIpc) is 2.11. The molecular weight excluding hydrogens is 245 g/mol. The minimum atomic E-state index is -4.38. The van der Waals surface area contributed by atoms with Gasteiger partial charge in [-0.1, -0.05) is 20.3 Å². The van der Waals surface area contributed by atoms with E-state index in [-0.39, 0.29) is 18.3 Å². The molecule has 0 saturated carbocycles. The molecule has 0 aliphatic rings. The Morgan fingerprint density at radius 1 is 1.44 bits per heavy atom. The Morgan fingerprint density at radius 2 is 1.88 bits per heavy atom. The summed E-state index contributed by atoms with van der Waals surface area (Å²) in [5.74, 6) is -0.783. The van der Waals surface area contributed by atoms with Gasteiger partial charge in [0.15, 0.2) is 0 Å². The minimum Gasteiger partial charge on any atom is -0.335 e. The number of nitrogens with zero attached hydrogens (tertiary/aromatic N) is 1. The van der Waals surface area contributed by atoms with E-state index >= 15 is 0 Å². The van der Waals surface area contributed by atoms with Crippen LogP contribution in [-0.4, -0.2) is 36.6 Å². The normalized spacial score (nSPS) is 14.9. The predicted octanol–water partition coefficient (Wildman–Crippen LogP) is 1.80. The van der Waals surface area contributed by atoms with E-state index in [0.717, 1.165) is 7.05 Å². The quantitative estimate of drug-likeness (QED) is 0.840. The number of likely N-dealkylation sites (N-methyl/N-ethyl adjacent to an activating group) is 1. The number of carbonyl (C=O) groups excluding carboxylic acids is 1. The van der Waals surface area contributed by atoms with E-state index in [9.17, 15) is 18.0 Å². The van der Waals surface area contributed by atoms with Gasteiger partial charge in [-0.05, 0) is 5.92 Å². The molecule has 0 aromatic heterocycles. The van der Waals surface area contributed by atoms with Gasteiger partial charge in [0, 0.05) is 7.05 Å². The average molecular weight is 263 g/mol. The zero-order valence-electron chi connectivity index (χ0n) is 9.54. The van der Waals surface area contributed by atoms with Crippen molar-refractivity contribution in [2.24, 2.45) is 11.7 Å². The first-order valence-corrected chi connectivity index (χ1v) is 4.76. The van der Waals surface area contributed by atoms with Crippen molar-refractivity contribution in [1.82, 2.24) is 4.90 Å². The lowest BCUT2D eigenvalue weighted by atomic mass is 9.99. The summed E-state index contributed by atoms with van der Waals surface area (Å²) in [5, 5.41) is 0. The summed E-state index contributed by atoms with van der Waals surface area (Å²) in [6.07, 6.45) is -3.72. The molecule has 1 amide bonds. The Balaban J connectivity index is 0. The van der Waals surface area contributed by atoms with Crippen LogP contribution in [0.3, 0.4) is 0 Å². The van der Waals surface area contributed by atoms with Crippen molar-refractivity contribution in [3.8, 4) is 0 Å². The molecule has 0 aromatic rings. The Hall–Kier alpha value is -0.490. The first-order chi connectivity index (χ1) is 6.69. The molecule has 7 heteroatoms. The van der Waals surface area contributed by atoms with E-state index in [2.05, 4.69) is 0 Å². The van der Waals surface area contributed by atoms with Crippen LogP contribution in [0.25, 0.3) is 0 Å². The van der Waals surface area contributed by atoms with Gasteiger partial charge in [-0.2, -0.15) is 13.2 Å².